The van der Waals surface area contributed by atoms with Gasteiger partial charge in [0.1, 0.15) is 5.82 Å². The van der Waals surface area contributed by atoms with Crippen LogP contribution in [-0.4, -0.2) is 29.0 Å². The topological polar surface area (TPSA) is 83.8 Å². The Balaban J connectivity index is 2.19. The number of carbonyl (C=O) groups is 1. The maximum atomic E-state index is 11.7. The molecular weight excluding hydrogens is 228 g/mol. The molecule has 5 heteroatoms. The van der Waals surface area contributed by atoms with Gasteiger partial charge in [-0.1, -0.05) is 13.8 Å². The Morgan fingerprint density at radius 2 is 2.33 bits per heavy atom. The molecule has 0 spiro atoms. The van der Waals surface area contributed by atoms with E-state index in [1.807, 2.05) is 0 Å². The molecule has 0 radical (unpaired) electrons. The Bertz CT molecular complexity index is 335. The van der Waals surface area contributed by atoms with Crippen LogP contribution in [-0.2, 0) is 11.2 Å². The molecule has 5 nitrogen and oxygen atoms in total. The predicted molar refractivity (Wildman–Crippen MR) is 71.9 cm³/mol. The lowest BCUT2D eigenvalue weighted by molar-refractivity contribution is -0.122. The van der Waals surface area contributed by atoms with Crippen LogP contribution in [0, 0.1) is 11.8 Å². The highest BCUT2D eigenvalue weighted by Crippen LogP contribution is 2.13. The average molecular weight is 252 g/mol. The molecule has 1 amide bonds. The Labute approximate surface area is 109 Å². The Hall–Kier alpha value is -1.36. The third-order valence-corrected chi connectivity index (χ3v) is 2.85. The molecule has 0 aliphatic carbocycles. The van der Waals surface area contributed by atoms with Gasteiger partial charge in [0.15, 0.2) is 0 Å². The zero-order chi connectivity index (χ0) is 13.4. The maximum absolute atomic E-state index is 11.7. The van der Waals surface area contributed by atoms with E-state index in [9.17, 15) is 4.79 Å². The van der Waals surface area contributed by atoms with Gasteiger partial charge in [0, 0.05) is 31.8 Å². The molecule has 1 heterocycles. The SMILES string of the molecule is CC(C)C[C@H](CN)CC(=O)NCCc1ncc[nH]1. The van der Waals surface area contributed by atoms with Crippen LogP contribution in [0.15, 0.2) is 12.4 Å². The van der Waals surface area contributed by atoms with E-state index in [0.29, 0.717) is 25.4 Å². The van der Waals surface area contributed by atoms with E-state index in [1.165, 1.54) is 0 Å². The number of H-pyrrole nitrogens is 1. The van der Waals surface area contributed by atoms with Crippen molar-refractivity contribution >= 4 is 5.91 Å². The summed E-state index contributed by atoms with van der Waals surface area (Å²) in [6, 6.07) is 0. The van der Waals surface area contributed by atoms with Crippen molar-refractivity contribution in [1.82, 2.24) is 15.3 Å². The summed E-state index contributed by atoms with van der Waals surface area (Å²) >= 11 is 0. The standard InChI is InChI=1S/C13H24N4O/c1-10(2)7-11(9-14)8-13(18)17-4-3-12-15-5-6-16-12/h5-6,10-11H,3-4,7-9,14H2,1-2H3,(H,15,16)(H,17,18)/t11-/m0/s1. The summed E-state index contributed by atoms with van der Waals surface area (Å²) < 4.78 is 0. The third-order valence-electron chi connectivity index (χ3n) is 2.85. The molecule has 1 aromatic heterocycles. The van der Waals surface area contributed by atoms with Gasteiger partial charge in [-0.25, -0.2) is 4.98 Å². The fraction of sp³-hybridized carbons (Fsp3) is 0.692. The predicted octanol–water partition coefficient (Wildman–Crippen LogP) is 1.08. The average Bonchev–Trinajstić information content (AvgIpc) is 2.80. The molecule has 102 valence electrons. The fourth-order valence-electron chi connectivity index (χ4n) is 2.02. The maximum Gasteiger partial charge on any atom is 0.220 e. The molecule has 0 fully saturated rings. The van der Waals surface area contributed by atoms with E-state index in [0.717, 1.165) is 18.7 Å². The highest BCUT2D eigenvalue weighted by molar-refractivity contribution is 5.76. The van der Waals surface area contributed by atoms with E-state index >= 15 is 0 Å². The molecule has 1 rings (SSSR count). The molecule has 4 N–H and O–H groups in total. The first kappa shape index (κ1) is 14.7. The minimum Gasteiger partial charge on any atom is -0.356 e. The first-order chi connectivity index (χ1) is 8.61. The van der Waals surface area contributed by atoms with Crippen LogP contribution >= 0.6 is 0 Å². The lowest BCUT2D eigenvalue weighted by Crippen LogP contribution is -2.30. The van der Waals surface area contributed by atoms with Gasteiger partial charge < -0.3 is 16.0 Å². The zero-order valence-electron chi connectivity index (χ0n) is 11.3. The molecule has 0 saturated heterocycles. The van der Waals surface area contributed by atoms with Crippen LogP contribution in [0.25, 0.3) is 0 Å². The molecule has 0 bridgehead atoms. The van der Waals surface area contributed by atoms with E-state index in [2.05, 4.69) is 29.1 Å². The van der Waals surface area contributed by atoms with Crippen LogP contribution < -0.4 is 11.1 Å². The number of carbonyl (C=O) groups excluding carboxylic acids is 1. The summed E-state index contributed by atoms with van der Waals surface area (Å²) in [7, 11) is 0. The first-order valence-electron chi connectivity index (χ1n) is 6.56. The number of nitrogens with two attached hydrogens (primary N) is 1. The van der Waals surface area contributed by atoms with Crippen LogP contribution in [0.2, 0.25) is 0 Å². The summed E-state index contributed by atoms with van der Waals surface area (Å²) in [5.74, 6) is 1.84. The van der Waals surface area contributed by atoms with Crippen LogP contribution in [0.5, 0.6) is 0 Å². The molecule has 0 aliphatic heterocycles. The number of imidazole rings is 1. The lowest BCUT2D eigenvalue weighted by Gasteiger charge is -2.16. The number of aromatic amines is 1. The van der Waals surface area contributed by atoms with Crippen molar-refractivity contribution in [2.75, 3.05) is 13.1 Å². The highest BCUT2D eigenvalue weighted by Gasteiger charge is 2.13. The molecule has 1 aromatic rings. The largest absolute Gasteiger partial charge is 0.356 e. The van der Waals surface area contributed by atoms with Gasteiger partial charge in [-0.3, -0.25) is 4.79 Å². The molecule has 1 atom stereocenters. The number of rotatable bonds is 8. The minimum atomic E-state index is 0.0812. The molecule has 0 aromatic carbocycles. The number of amides is 1. The number of nitrogens with one attached hydrogen (secondary N) is 2. The molecular formula is C13H24N4O. The van der Waals surface area contributed by atoms with E-state index in [4.69, 9.17) is 5.73 Å². The minimum absolute atomic E-state index is 0.0812. The van der Waals surface area contributed by atoms with Crippen molar-refractivity contribution in [3.05, 3.63) is 18.2 Å². The van der Waals surface area contributed by atoms with Gasteiger partial charge >= 0.3 is 0 Å². The third kappa shape index (κ3) is 5.82. The molecule has 18 heavy (non-hydrogen) atoms. The van der Waals surface area contributed by atoms with E-state index < -0.39 is 0 Å². The second kappa shape index (κ2) is 7.87. The second-order valence-electron chi connectivity index (χ2n) is 5.07. The van der Waals surface area contributed by atoms with Gasteiger partial charge in [0.2, 0.25) is 5.91 Å². The number of nitrogens with zero attached hydrogens (tertiary/aromatic N) is 1. The van der Waals surface area contributed by atoms with Crippen molar-refractivity contribution in [3.8, 4) is 0 Å². The molecule has 0 saturated carbocycles. The Morgan fingerprint density at radius 3 is 2.89 bits per heavy atom. The summed E-state index contributed by atoms with van der Waals surface area (Å²) in [6.07, 6.45) is 5.75. The quantitative estimate of drug-likeness (QED) is 0.647. The van der Waals surface area contributed by atoms with Crippen LogP contribution in [0.1, 0.15) is 32.5 Å². The molecule has 0 aliphatic rings. The van der Waals surface area contributed by atoms with Crippen molar-refractivity contribution in [1.29, 1.82) is 0 Å². The summed E-state index contributed by atoms with van der Waals surface area (Å²) in [5, 5.41) is 2.90. The van der Waals surface area contributed by atoms with Crippen molar-refractivity contribution < 1.29 is 4.79 Å². The monoisotopic (exact) mass is 252 g/mol. The lowest BCUT2D eigenvalue weighted by atomic mass is 9.94. The number of hydrogen-bond donors (Lipinski definition) is 3. The van der Waals surface area contributed by atoms with Crippen molar-refractivity contribution in [2.24, 2.45) is 17.6 Å². The van der Waals surface area contributed by atoms with Gasteiger partial charge in [0.25, 0.3) is 0 Å². The van der Waals surface area contributed by atoms with E-state index in [-0.39, 0.29) is 11.8 Å². The van der Waals surface area contributed by atoms with Crippen molar-refractivity contribution in [3.63, 3.8) is 0 Å². The Morgan fingerprint density at radius 1 is 1.56 bits per heavy atom. The van der Waals surface area contributed by atoms with Crippen LogP contribution in [0.4, 0.5) is 0 Å². The highest BCUT2D eigenvalue weighted by atomic mass is 16.1. The second-order valence-corrected chi connectivity index (χ2v) is 5.07. The number of aromatic nitrogens is 2. The Kier molecular flexibility index (Phi) is 6.43. The van der Waals surface area contributed by atoms with Gasteiger partial charge in [0.05, 0.1) is 0 Å². The van der Waals surface area contributed by atoms with Gasteiger partial charge in [-0.05, 0) is 24.8 Å². The summed E-state index contributed by atoms with van der Waals surface area (Å²) in [6.45, 7) is 5.49. The van der Waals surface area contributed by atoms with Gasteiger partial charge in [-0.15, -0.1) is 0 Å². The normalized spacial score (nSPS) is 12.7. The molecule has 0 unspecified atom stereocenters. The van der Waals surface area contributed by atoms with Gasteiger partial charge in [-0.2, -0.15) is 0 Å². The fourth-order valence-corrected chi connectivity index (χ4v) is 2.02. The van der Waals surface area contributed by atoms with Crippen LogP contribution in [0.3, 0.4) is 0 Å². The first-order valence-corrected chi connectivity index (χ1v) is 6.56. The zero-order valence-corrected chi connectivity index (χ0v) is 11.3. The van der Waals surface area contributed by atoms with Crippen molar-refractivity contribution in [2.45, 2.75) is 33.1 Å². The summed E-state index contributed by atoms with van der Waals surface area (Å²) in [5.41, 5.74) is 5.68. The smallest absolute Gasteiger partial charge is 0.220 e. The summed E-state index contributed by atoms with van der Waals surface area (Å²) in [4.78, 5) is 18.8. The van der Waals surface area contributed by atoms with E-state index in [1.54, 1.807) is 12.4 Å². The number of hydrogen-bond acceptors (Lipinski definition) is 3.